The van der Waals surface area contributed by atoms with Crippen LogP contribution in [-0.4, -0.2) is 25.1 Å². The van der Waals surface area contributed by atoms with Crippen LogP contribution >= 0.6 is 0 Å². The van der Waals surface area contributed by atoms with Crippen molar-refractivity contribution in [2.45, 2.75) is 12.8 Å². The Morgan fingerprint density at radius 3 is 2.46 bits per heavy atom. The predicted molar refractivity (Wildman–Crippen MR) is 106 cm³/mol. The second-order valence-corrected chi connectivity index (χ2v) is 6.26. The van der Waals surface area contributed by atoms with Crippen molar-refractivity contribution in [3.8, 4) is 22.6 Å². The third-order valence-corrected chi connectivity index (χ3v) is 4.49. The number of hydrogen-bond donors (Lipinski definition) is 1. The quantitative estimate of drug-likeness (QED) is 0.676. The molecular weight excluding hydrogens is 359 g/mol. The zero-order valence-corrected chi connectivity index (χ0v) is 15.9. The van der Waals surface area contributed by atoms with E-state index in [1.807, 2.05) is 31.2 Å². The van der Waals surface area contributed by atoms with E-state index in [-0.39, 0.29) is 17.6 Å². The van der Waals surface area contributed by atoms with E-state index in [1.165, 1.54) is 19.2 Å². The van der Waals surface area contributed by atoms with E-state index in [4.69, 9.17) is 9.47 Å². The van der Waals surface area contributed by atoms with E-state index in [0.717, 1.165) is 16.9 Å². The molecule has 1 heterocycles. The molecule has 0 saturated carbocycles. The van der Waals surface area contributed by atoms with Gasteiger partial charge in [-0.2, -0.15) is 0 Å². The molecule has 0 saturated heterocycles. The van der Waals surface area contributed by atoms with Crippen molar-refractivity contribution in [1.29, 1.82) is 0 Å². The third kappa shape index (κ3) is 4.28. The van der Waals surface area contributed by atoms with Gasteiger partial charge in [0.25, 0.3) is 0 Å². The SMILES string of the molecule is COc1ccc(C(C)C(=O)Nc2cc(-c3ccc(F)cc3OC)ccn2)cc1. The van der Waals surface area contributed by atoms with Crippen LogP contribution in [0.5, 0.6) is 11.5 Å². The molecule has 0 radical (unpaired) electrons. The Balaban J connectivity index is 1.79. The largest absolute Gasteiger partial charge is 0.497 e. The van der Waals surface area contributed by atoms with Gasteiger partial charge in [-0.05, 0) is 54.4 Å². The first-order valence-electron chi connectivity index (χ1n) is 8.76. The fourth-order valence-electron chi connectivity index (χ4n) is 2.85. The number of rotatable bonds is 6. The van der Waals surface area contributed by atoms with E-state index in [0.29, 0.717) is 17.1 Å². The van der Waals surface area contributed by atoms with Crippen molar-refractivity contribution in [3.05, 3.63) is 72.2 Å². The van der Waals surface area contributed by atoms with Gasteiger partial charge in [-0.1, -0.05) is 12.1 Å². The lowest BCUT2D eigenvalue weighted by Crippen LogP contribution is -2.19. The molecule has 1 N–H and O–H groups in total. The smallest absolute Gasteiger partial charge is 0.232 e. The summed E-state index contributed by atoms with van der Waals surface area (Å²) in [4.78, 5) is 16.8. The van der Waals surface area contributed by atoms with Crippen molar-refractivity contribution in [2.75, 3.05) is 19.5 Å². The summed E-state index contributed by atoms with van der Waals surface area (Å²) < 4.78 is 23.8. The molecule has 28 heavy (non-hydrogen) atoms. The Kier molecular flexibility index (Phi) is 5.89. The molecule has 3 rings (SSSR count). The first-order chi connectivity index (χ1) is 13.5. The van der Waals surface area contributed by atoms with E-state index in [2.05, 4.69) is 10.3 Å². The Labute approximate surface area is 163 Å². The molecule has 6 heteroatoms. The third-order valence-electron chi connectivity index (χ3n) is 4.49. The van der Waals surface area contributed by atoms with E-state index in [9.17, 15) is 9.18 Å². The minimum Gasteiger partial charge on any atom is -0.497 e. The number of benzene rings is 2. The molecule has 0 aliphatic heterocycles. The summed E-state index contributed by atoms with van der Waals surface area (Å²) in [7, 11) is 3.08. The van der Waals surface area contributed by atoms with E-state index in [1.54, 1.807) is 31.5 Å². The van der Waals surface area contributed by atoms with Crippen LogP contribution in [0.1, 0.15) is 18.4 Å². The summed E-state index contributed by atoms with van der Waals surface area (Å²) in [6.45, 7) is 1.82. The lowest BCUT2D eigenvalue weighted by molar-refractivity contribution is -0.117. The number of nitrogens with one attached hydrogen (secondary N) is 1. The van der Waals surface area contributed by atoms with Crippen molar-refractivity contribution in [3.63, 3.8) is 0 Å². The fourth-order valence-corrected chi connectivity index (χ4v) is 2.85. The van der Waals surface area contributed by atoms with Gasteiger partial charge in [-0.3, -0.25) is 4.79 Å². The molecule has 0 fully saturated rings. The van der Waals surface area contributed by atoms with Crippen molar-refractivity contribution < 1.29 is 18.7 Å². The summed E-state index contributed by atoms with van der Waals surface area (Å²) in [5.41, 5.74) is 2.35. The molecule has 1 atom stereocenters. The van der Waals surface area contributed by atoms with Gasteiger partial charge in [0.05, 0.1) is 20.1 Å². The number of hydrogen-bond acceptors (Lipinski definition) is 4. The highest BCUT2D eigenvalue weighted by Crippen LogP contribution is 2.31. The molecule has 1 unspecified atom stereocenters. The molecule has 0 aliphatic rings. The summed E-state index contributed by atoms with van der Waals surface area (Å²) in [6, 6.07) is 15.2. The Hall–Kier alpha value is -3.41. The summed E-state index contributed by atoms with van der Waals surface area (Å²) in [5.74, 6) is 0.636. The monoisotopic (exact) mass is 380 g/mol. The van der Waals surface area contributed by atoms with Crippen molar-refractivity contribution in [2.24, 2.45) is 0 Å². The molecule has 0 bridgehead atoms. The van der Waals surface area contributed by atoms with Crippen molar-refractivity contribution >= 4 is 11.7 Å². The maximum atomic E-state index is 13.4. The van der Waals surface area contributed by atoms with Gasteiger partial charge in [0.1, 0.15) is 23.1 Å². The van der Waals surface area contributed by atoms with Crippen LogP contribution in [0.4, 0.5) is 10.2 Å². The topological polar surface area (TPSA) is 60.5 Å². The summed E-state index contributed by atoms with van der Waals surface area (Å²) >= 11 is 0. The summed E-state index contributed by atoms with van der Waals surface area (Å²) in [6.07, 6.45) is 1.59. The average molecular weight is 380 g/mol. The van der Waals surface area contributed by atoms with Crippen LogP contribution < -0.4 is 14.8 Å². The van der Waals surface area contributed by atoms with Gasteiger partial charge in [0, 0.05) is 17.8 Å². The van der Waals surface area contributed by atoms with Crippen LogP contribution in [-0.2, 0) is 4.79 Å². The molecule has 2 aromatic carbocycles. The highest BCUT2D eigenvalue weighted by molar-refractivity contribution is 5.95. The maximum absolute atomic E-state index is 13.4. The minimum atomic E-state index is -0.378. The Morgan fingerprint density at radius 2 is 1.79 bits per heavy atom. The molecule has 0 spiro atoms. The molecule has 3 aromatic rings. The van der Waals surface area contributed by atoms with Gasteiger partial charge in [0.2, 0.25) is 5.91 Å². The number of ether oxygens (including phenoxy) is 2. The second-order valence-electron chi connectivity index (χ2n) is 6.26. The molecule has 5 nitrogen and oxygen atoms in total. The van der Waals surface area contributed by atoms with E-state index >= 15 is 0 Å². The molecular formula is C22H21FN2O3. The van der Waals surface area contributed by atoms with Gasteiger partial charge >= 0.3 is 0 Å². The number of methoxy groups -OCH3 is 2. The number of carbonyl (C=O) groups is 1. The maximum Gasteiger partial charge on any atom is 0.232 e. The highest BCUT2D eigenvalue weighted by Gasteiger charge is 2.16. The van der Waals surface area contributed by atoms with Gasteiger partial charge in [-0.25, -0.2) is 9.37 Å². The van der Waals surface area contributed by atoms with Crippen LogP contribution in [0, 0.1) is 5.82 Å². The Bertz CT molecular complexity index is 974. The van der Waals surface area contributed by atoms with Gasteiger partial charge < -0.3 is 14.8 Å². The number of carbonyl (C=O) groups excluding carboxylic acids is 1. The highest BCUT2D eigenvalue weighted by atomic mass is 19.1. The number of nitrogens with zero attached hydrogens (tertiary/aromatic N) is 1. The molecule has 1 aromatic heterocycles. The zero-order valence-electron chi connectivity index (χ0n) is 15.9. The van der Waals surface area contributed by atoms with Gasteiger partial charge in [0.15, 0.2) is 0 Å². The van der Waals surface area contributed by atoms with E-state index < -0.39 is 0 Å². The average Bonchev–Trinajstić information content (AvgIpc) is 2.73. The lowest BCUT2D eigenvalue weighted by Gasteiger charge is -2.14. The van der Waals surface area contributed by atoms with Gasteiger partial charge in [-0.15, -0.1) is 0 Å². The number of halogens is 1. The first kappa shape index (κ1) is 19.4. The molecule has 0 aliphatic carbocycles. The lowest BCUT2D eigenvalue weighted by atomic mass is 10.00. The van der Waals surface area contributed by atoms with Crippen LogP contribution in [0.3, 0.4) is 0 Å². The van der Waals surface area contributed by atoms with Crippen molar-refractivity contribution in [1.82, 2.24) is 4.98 Å². The minimum absolute atomic E-state index is 0.180. The fraction of sp³-hybridized carbons (Fsp3) is 0.182. The summed E-state index contributed by atoms with van der Waals surface area (Å²) in [5, 5.41) is 2.83. The second kappa shape index (κ2) is 8.52. The zero-order chi connectivity index (χ0) is 20.1. The number of aromatic nitrogens is 1. The van der Waals surface area contributed by atoms with Crippen LogP contribution in [0.2, 0.25) is 0 Å². The first-order valence-corrected chi connectivity index (χ1v) is 8.76. The predicted octanol–water partition coefficient (Wildman–Crippen LogP) is 4.65. The molecule has 1 amide bonds. The standard InChI is InChI=1S/C22H21FN2O3/c1-14(15-4-7-18(27-2)8-5-15)22(26)25-21-12-16(10-11-24-21)19-9-6-17(23)13-20(19)28-3/h4-14H,1-3H3,(H,24,25,26). The normalized spacial score (nSPS) is 11.6. The number of anilines is 1. The Morgan fingerprint density at radius 1 is 1.04 bits per heavy atom. The number of pyridine rings is 1. The number of amides is 1. The van der Waals surface area contributed by atoms with Crippen LogP contribution in [0.25, 0.3) is 11.1 Å². The van der Waals surface area contributed by atoms with Crippen LogP contribution in [0.15, 0.2) is 60.8 Å². The molecule has 144 valence electrons.